The molecule has 1 aromatic heterocycles. The second-order valence-electron chi connectivity index (χ2n) is 3.73. The fourth-order valence-corrected chi connectivity index (χ4v) is 4.41. The van der Waals surface area contributed by atoms with E-state index in [9.17, 15) is 0 Å². The standard InChI is InChI=1S/C11H7BrClNOS/c12-11-6-1-2-8(14-15)7-3-5(13)4-9(16-11)10(6)7/h3-4,15H,1-2H2/b14-8+. The highest BCUT2D eigenvalue weighted by Gasteiger charge is 2.22. The van der Waals surface area contributed by atoms with Gasteiger partial charge in [0, 0.05) is 20.7 Å². The van der Waals surface area contributed by atoms with Crippen LogP contribution < -0.4 is 0 Å². The molecular weight excluding hydrogens is 310 g/mol. The molecule has 0 unspecified atom stereocenters. The van der Waals surface area contributed by atoms with Gasteiger partial charge in [0.05, 0.1) is 9.50 Å². The molecule has 3 rings (SSSR count). The van der Waals surface area contributed by atoms with E-state index in [-0.39, 0.29) is 0 Å². The van der Waals surface area contributed by atoms with Gasteiger partial charge in [-0.25, -0.2) is 0 Å². The average molecular weight is 317 g/mol. The van der Waals surface area contributed by atoms with Crippen molar-refractivity contribution < 1.29 is 5.21 Å². The molecule has 82 valence electrons. The second-order valence-corrected chi connectivity index (χ2v) is 6.53. The van der Waals surface area contributed by atoms with Crippen molar-refractivity contribution in [2.75, 3.05) is 0 Å². The minimum Gasteiger partial charge on any atom is -0.411 e. The molecule has 5 heteroatoms. The van der Waals surface area contributed by atoms with E-state index < -0.39 is 0 Å². The summed E-state index contributed by atoms with van der Waals surface area (Å²) in [7, 11) is 0. The first-order valence-corrected chi connectivity index (χ1v) is 6.81. The number of rotatable bonds is 0. The molecular formula is C11H7BrClNOS. The Labute approximate surface area is 110 Å². The summed E-state index contributed by atoms with van der Waals surface area (Å²) in [4.78, 5) is 0. The summed E-state index contributed by atoms with van der Waals surface area (Å²) in [5.74, 6) is 0. The van der Waals surface area contributed by atoms with Crippen LogP contribution in [-0.2, 0) is 6.42 Å². The molecule has 1 aliphatic rings. The molecule has 0 radical (unpaired) electrons. The Morgan fingerprint density at radius 3 is 2.94 bits per heavy atom. The van der Waals surface area contributed by atoms with Crippen LogP contribution in [0.15, 0.2) is 21.1 Å². The zero-order chi connectivity index (χ0) is 11.3. The topological polar surface area (TPSA) is 32.6 Å². The zero-order valence-corrected chi connectivity index (χ0v) is 11.3. The second kappa shape index (κ2) is 3.72. The predicted octanol–water partition coefficient (Wildman–Crippen LogP) is 4.44. The number of hydrogen-bond acceptors (Lipinski definition) is 3. The molecule has 0 saturated carbocycles. The van der Waals surface area contributed by atoms with Gasteiger partial charge in [-0.2, -0.15) is 0 Å². The molecule has 0 spiro atoms. The summed E-state index contributed by atoms with van der Waals surface area (Å²) in [6.07, 6.45) is 1.67. The van der Waals surface area contributed by atoms with Crippen LogP contribution in [0.3, 0.4) is 0 Å². The monoisotopic (exact) mass is 315 g/mol. The summed E-state index contributed by atoms with van der Waals surface area (Å²) < 4.78 is 2.30. The van der Waals surface area contributed by atoms with Crippen LogP contribution in [0.1, 0.15) is 17.5 Å². The fourth-order valence-electron chi connectivity index (χ4n) is 2.16. The molecule has 1 heterocycles. The van der Waals surface area contributed by atoms with Crippen LogP contribution >= 0.6 is 38.9 Å². The third-order valence-electron chi connectivity index (χ3n) is 2.85. The number of oxime groups is 1. The van der Waals surface area contributed by atoms with Crippen molar-refractivity contribution in [3.63, 3.8) is 0 Å². The van der Waals surface area contributed by atoms with Gasteiger partial charge in [0.1, 0.15) is 0 Å². The van der Waals surface area contributed by atoms with Gasteiger partial charge in [-0.05, 0) is 46.5 Å². The van der Waals surface area contributed by atoms with Gasteiger partial charge in [-0.1, -0.05) is 16.8 Å². The lowest BCUT2D eigenvalue weighted by molar-refractivity contribution is 0.318. The van der Waals surface area contributed by atoms with Gasteiger partial charge in [0.25, 0.3) is 0 Å². The molecule has 0 atom stereocenters. The van der Waals surface area contributed by atoms with Crippen molar-refractivity contribution in [1.82, 2.24) is 0 Å². The minimum atomic E-state index is 0.686. The molecule has 2 aromatic rings. The molecule has 1 aliphatic carbocycles. The van der Waals surface area contributed by atoms with E-state index in [4.69, 9.17) is 16.8 Å². The van der Waals surface area contributed by atoms with Crippen LogP contribution in [0.2, 0.25) is 5.02 Å². The van der Waals surface area contributed by atoms with Crippen LogP contribution in [0.4, 0.5) is 0 Å². The Kier molecular flexibility index (Phi) is 2.46. The van der Waals surface area contributed by atoms with Crippen LogP contribution in [0.25, 0.3) is 10.1 Å². The maximum atomic E-state index is 9.00. The number of benzene rings is 1. The Bertz CT molecular complexity index is 620. The maximum absolute atomic E-state index is 9.00. The molecule has 2 nitrogen and oxygen atoms in total. The first kappa shape index (κ1) is 10.6. The molecule has 0 amide bonds. The highest BCUT2D eigenvalue weighted by molar-refractivity contribution is 9.11. The highest BCUT2D eigenvalue weighted by Crippen LogP contribution is 2.42. The fraction of sp³-hybridized carbons (Fsp3) is 0.182. The van der Waals surface area contributed by atoms with E-state index in [1.165, 1.54) is 10.9 Å². The van der Waals surface area contributed by atoms with E-state index in [0.29, 0.717) is 5.02 Å². The third-order valence-corrected chi connectivity index (χ3v) is 5.00. The lowest BCUT2D eigenvalue weighted by Gasteiger charge is -2.14. The van der Waals surface area contributed by atoms with Crippen LogP contribution in [-0.4, -0.2) is 10.9 Å². The van der Waals surface area contributed by atoms with E-state index >= 15 is 0 Å². The molecule has 0 bridgehead atoms. The van der Waals surface area contributed by atoms with Gasteiger partial charge >= 0.3 is 0 Å². The van der Waals surface area contributed by atoms with Crippen molar-refractivity contribution in [3.05, 3.63) is 32.1 Å². The first-order chi connectivity index (χ1) is 7.70. The number of nitrogens with zero attached hydrogens (tertiary/aromatic N) is 1. The smallest absolute Gasteiger partial charge is 0.0878 e. The molecule has 0 saturated heterocycles. The van der Waals surface area contributed by atoms with Crippen molar-refractivity contribution >= 4 is 54.7 Å². The van der Waals surface area contributed by atoms with E-state index in [1.807, 2.05) is 12.1 Å². The van der Waals surface area contributed by atoms with E-state index in [1.54, 1.807) is 11.3 Å². The maximum Gasteiger partial charge on any atom is 0.0878 e. The Morgan fingerprint density at radius 1 is 1.38 bits per heavy atom. The Balaban J connectivity index is 2.48. The summed E-state index contributed by atoms with van der Waals surface area (Å²) in [5, 5.41) is 14.2. The average Bonchev–Trinajstić information content (AvgIpc) is 2.57. The largest absolute Gasteiger partial charge is 0.411 e. The van der Waals surface area contributed by atoms with Crippen LogP contribution in [0, 0.1) is 0 Å². The van der Waals surface area contributed by atoms with E-state index in [2.05, 4.69) is 21.1 Å². The molecule has 1 N–H and O–H groups in total. The SMILES string of the molecule is O/N=C1\CCc2c(Br)sc3cc(Cl)cc1c23. The van der Waals surface area contributed by atoms with Crippen molar-refractivity contribution in [2.24, 2.45) is 5.16 Å². The number of hydrogen-bond donors (Lipinski definition) is 1. The third kappa shape index (κ3) is 1.40. The Hall–Kier alpha value is -0.580. The van der Waals surface area contributed by atoms with E-state index in [0.717, 1.165) is 32.6 Å². The summed E-state index contributed by atoms with van der Waals surface area (Å²) >= 11 is 11.3. The first-order valence-electron chi connectivity index (χ1n) is 4.82. The molecule has 0 fully saturated rings. The predicted molar refractivity (Wildman–Crippen MR) is 71.2 cm³/mol. The van der Waals surface area contributed by atoms with Crippen molar-refractivity contribution in [1.29, 1.82) is 0 Å². The van der Waals surface area contributed by atoms with Gasteiger partial charge in [-0.15, -0.1) is 11.3 Å². The van der Waals surface area contributed by atoms with Gasteiger partial charge in [0.2, 0.25) is 0 Å². The number of thiophene rings is 1. The van der Waals surface area contributed by atoms with Gasteiger partial charge < -0.3 is 5.21 Å². The normalized spacial score (nSPS) is 17.2. The molecule has 16 heavy (non-hydrogen) atoms. The van der Waals surface area contributed by atoms with Crippen LogP contribution in [0.5, 0.6) is 0 Å². The van der Waals surface area contributed by atoms with Gasteiger partial charge in [0.15, 0.2) is 0 Å². The lowest BCUT2D eigenvalue weighted by Crippen LogP contribution is -2.09. The molecule has 0 aliphatic heterocycles. The van der Waals surface area contributed by atoms with Crippen molar-refractivity contribution in [2.45, 2.75) is 12.8 Å². The summed E-state index contributed by atoms with van der Waals surface area (Å²) in [6, 6.07) is 3.83. The number of halogens is 2. The lowest BCUT2D eigenvalue weighted by atomic mass is 9.91. The molecule has 1 aromatic carbocycles. The minimum absolute atomic E-state index is 0.686. The zero-order valence-electron chi connectivity index (χ0n) is 8.13. The highest BCUT2D eigenvalue weighted by atomic mass is 79.9. The Morgan fingerprint density at radius 2 is 2.19 bits per heavy atom. The van der Waals surface area contributed by atoms with Gasteiger partial charge in [-0.3, -0.25) is 0 Å². The quantitative estimate of drug-likeness (QED) is 0.565. The summed E-state index contributed by atoms with van der Waals surface area (Å²) in [6.45, 7) is 0. The van der Waals surface area contributed by atoms with Crippen molar-refractivity contribution in [3.8, 4) is 0 Å². The summed E-state index contributed by atoms with van der Waals surface area (Å²) in [5.41, 5.74) is 3.00. The number of aryl methyl sites for hydroxylation is 1.